The van der Waals surface area contributed by atoms with Gasteiger partial charge in [-0.3, -0.25) is 9.59 Å². The summed E-state index contributed by atoms with van der Waals surface area (Å²) in [6.07, 6.45) is -4.56. The Hall–Kier alpha value is -2.38. The molecular weight excluding hydrogens is 299 g/mol. The molecular formula is C14H14F3N3O2. The Morgan fingerprint density at radius 2 is 1.95 bits per heavy atom. The second kappa shape index (κ2) is 5.43. The molecule has 1 aromatic carbocycles. The van der Waals surface area contributed by atoms with Crippen molar-refractivity contribution in [2.24, 2.45) is 5.73 Å². The van der Waals surface area contributed by atoms with Gasteiger partial charge in [0.2, 0.25) is 5.91 Å². The van der Waals surface area contributed by atoms with E-state index in [1.807, 2.05) is 0 Å². The van der Waals surface area contributed by atoms with Gasteiger partial charge in [-0.2, -0.15) is 18.3 Å². The third-order valence-corrected chi connectivity index (χ3v) is 3.17. The van der Waals surface area contributed by atoms with Crippen molar-refractivity contribution in [3.05, 3.63) is 39.8 Å². The zero-order valence-corrected chi connectivity index (χ0v) is 11.9. The Morgan fingerprint density at radius 1 is 1.32 bits per heavy atom. The number of nitrogens with zero attached hydrogens (tertiary/aromatic N) is 2. The second-order valence-electron chi connectivity index (χ2n) is 5.23. The molecule has 0 radical (unpaired) electrons. The number of benzene rings is 1. The maximum absolute atomic E-state index is 12.8. The van der Waals surface area contributed by atoms with Crippen LogP contribution in [0.2, 0.25) is 0 Å². The van der Waals surface area contributed by atoms with E-state index in [1.165, 1.54) is 6.07 Å². The Bertz CT molecular complexity index is 794. The average Bonchev–Trinajstić information content (AvgIpc) is 2.39. The molecule has 0 unspecified atom stereocenters. The number of fused-ring (bicyclic) bond motifs is 1. The summed E-state index contributed by atoms with van der Waals surface area (Å²) in [5, 5.41) is 4.27. The van der Waals surface area contributed by atoms with Gasteiger partial charge >= 0.3 is 6.18 Å². The molecule has 8 heteroatoms. The van der Waals surface area contributed by atoms with Gasteiger partial charge in [0.15, 0.2) is 0 Å². The molecule has 1 amide bonds. The molecule has 0 aliphatic carbocycles. The predicted octanol–water partition coefficient (Wildman–Crippen LogP) is 2.02. The Balaban J connectivity index is 2.83. The number of aromatic nitrogens is 2. The van der Waals surface area contributed by atoms with Gasteiger partial charge in [-0.25, -0.2) is 4.68 Å². The van der Waals surface area contributed by atoms with Gasteiger partial charge in [0, 0.05) is 5.39 Å². The van der Waals surface area contributed by atoms with Crippen LogP contribution in [-0.4, -0.2) is 15.7 Å². The van der Waals surface area contributed by atoms with Crippen molar-refractivity contribution in [2.45, 2.75) is 32.5 Å². The summed E-state index contributed by atoms with van der Waals surface area (Å²) in [5.74, 6) is -0.936. The molecule has 0 aliphatic heterocycles. The minimum Gasteiger partial charge on any atom is -0.368 e. The van der Waals surface area contributed by atoms with Gasteiger partial charge in [-0.15, -0.1) is 0 Å². The normalized spacial score (nSPS) is 12.1. The molecule has 0 saturated heterocycles. The maximum atomic E-state index is 12.8. The summed E-state index contributed by atoms with van der Waals surface area (Å²) < 4.78 is 39.3. The van der Waals surface area contributed by atoms with E-state index < -0.39 is 29.8 Å². The van der Waals surface area contributed by atoms with E-state index in [2.05, 4.69) is 5.10 Å². The van der Waals surface area contributed by atoms with Crippen LogP contribution in [-0.2, 0) is 17.5 Å². The van der Waals surface area contributed by atoms with Gasteiger partial charge in [0.1, 0.15) is 6.54 Å². The van der Waals surface area contributed by atoms with E-state index in [0.717, 1.165) is 16.8 Å². The lowest BCUT2D eigenvalue weighted by Gasteiger charge is -2.14. The second-order valence-corrected chi connectivity index (χ2v) is 5.23. The zero-order valence-electron chi connectivity index (χ0n) is 11.9. The lowest BCUT2D eigenvalue weighted by Crippen LogP contribution is -2.31. The Kier molecular flexibility index (Phi) is 3.95. The third kappa shape index (κ3) is 2.95. The minimum absolute atomic E-state index is 0.130. The number of alkyl halides is 3. The number of hydrogen-bond donors (Lipinski definition) is 1. The van der Waals surface area contributed by atoms with E-state index in [9.17, 15) is 22.8 Å². The van der Waals surface area contributed by atoms with Crippen molar-refractivity contribution in [3.63, 3.8) is 0 Å². The van der Waals surface area contributed by atoms with Crippen molar-refractivity contribution in [1.82, 2.24) is 9.78 Å². The quantitative estimate of drug-likeness (QED) is 0.941. The molecule has 0 aliphatic rings. The first-order chi connectivity index (χ1) is 10.1. The largest absolute Gasteiger partial charge is 0.416 e. The van der Waals surface area contributed by atoms with Crippen molar-refractivity contribution in [2.75, 3.05) is 0 Å². The molecule has 1 aromatic heterocycles. The highest BCUT2D eigenvalue weighted by Crippen LogP contribution is 2.32. The van der Waals surface area contributed by atoms with Crippen molar-refractivity contribution in [3.8, 4) is 0 Å². The van der Waals surface area contributed by atoms with Crippen LogP contribution < -0.4 is 11.3 Å². The molecule has 2 N–H and O–H groups in total. The molecule has 1 heterocycles. The minimum atomic E-state index is -4.56. The first-order valence-corrected chi connectivity index (χ1v) is 6.51. The monoisotopic (exact) mass is 313 g/mol. The smallest absolute Gasteiger partial charge is 0.368 e. The van der Waals surface area contributed by atoms with Crippen LogP contribution in [0.15, 0.2) is 23.0 Å². The third-order valence-electron chi connectivity index (χ3n) is 3.17. The average molecular weight is 313 g/mol. The fraction of sp³-hybridized carbons (Fsp3) is 0.357. The number of nitrogens with two attached hydrogens (primary N) is 1. The van der Waals surface area contributed by atoms with Crippen LogP contribution in [0.3, 0.4) is 0 Å². The number of amides is 1. The summed E-state index contributed by atoms with van der Waals surface area (Å²) >= 11 is 0. The van der Waals surface area contributed by atoms with Gasteiger partial charge in [0.05, 0.1) is 16.6 Å². The van der Waals surface area contributed by atoms with E-state index in [1.54, 1.807) is 13.8 Å². The van der Waals surface area contributed by atoms with Crippen LogP contribution in [0, 0.1) is 0 Å². The van der Waals surface area contributed by atoms with Crippen LogP contribution in [0.1, 0.15) is 31.0 Å². The highest BCUT2D eigenvalue weighted by molar-refractivity contribution is 5.85. The molecule has 0 bridgehead atoms. The maximum Gasteiger partial charge on any atom is 0.416 e. The first-order valence-electron chi connectivity index (χ1n) is 6.51. The lowest BCUT2D eigenvalue weighted by atomic mass is 10.0. The lowest BCUT2D eigenvalue weighted by molar-refractivity contribution is -0.137. The summed E-state index contributed by atoms with van der Waals surface area (Å²) in [4.78, 5) is 23.3. The number of halogens is 3. The van der Waals surface area contributed by atoms with E-state index >= 15 is 0 Å². The molecule has 5 nitrogen and oxygen atoms in total. The number of hydrogen-bond acceptors (Lipinski definition) is 3. The molecule has 0 fully saturated rings. The number of carbonyl (C=O) groups is 1. The van der Waals surface area contributed by atoms with Crippen molar-refractivity contribution in [1.29, 1.82) is 0 Å². The summed E-state index contributed by atoms with van der Waals surface area (Å²) in [6.45, 7) is 3.10. The van der Waals surface area contributed by atoms with Gasteiger partial charge in [-0.1, -0.05) is 19.9 Å². The molecule has 0 atom stereocenters. The fourth-order valence-electron chi connectivity index (χ4n) is 2.17. The summed E-state index contributed by atoms with van der Waals surface area (Å²) in [7, 11) is 0. The van der Waals surface area contributed by atoms with Crippen LogP contribution in [0.25, 0.3) is 10.8 Å². The van der Waals surface area contributed by atoms with E-state index in [-0.39, 0.29) is 11.3 Å². The number of rotatable bonds is 3. The molecule has 118 valence electrons. The Morgan fingerprint density at radius 3 is 2.45 bits per heavy atom. The molecule has 2 aromatic rings. The molecule has 2 rings (SSSR count). The van der Waals surface area contributed by atoms with Crippen LogP contribution in [0.5, 0.6) is 0 Å². The summed E-state index contributed by atoms with van der Waals surface area (Å²) in [6, 6.07) is 2.92. The summed E-state index contributed by atoms with van der Waals surface area (Å²) in [5.41, 5.74) is 3.78. The SMILES string of the molecule is CC(C)c1nn(CC(N)=O)c(=O)c2cc(C(F)(F)F)ccc12. The highest BCUT2D eigenvalue weighted by Gasteiger charge is 2.31. The molecule has 0 spiro atoms. The van der Waals surface area contributed by atoms with Gasteiger partial charge in [-0.05, 0) is 18.1 Å². The van der Waals surface area contributed by atoms with Gasteiger partial charge in [0.25, 0.3) is 5.56 Å². The predicted molar refractivity (Wildman–Crippen MR) is 74.3 cm³/mol. The van der Waals surface area contributed by atoms with Crippen molar-refractivity contribution < 1.29 is 18.0 Å². The highest BCUT2D eigenvalue weighted by atomic mass is 19.4. The van der Waals surface area contributed by atoms with Crippen LogP contribution >= 0.6 is 0 Å². The number of carbonyl (C=O) groups excluding carboxylic acids is 1. The molecule has 22 heavy (non-hydrogen) atoms. The van der Waals surface area contributed by atoms with Crippen LogP contribution in [0.4, 0.5) is 13.2 Å². The van der Waals surface area contributed by atoms with E-state index in [4.69, 9.17) is 5.73 Å². The van der Waals surface area contributed by atoms with Gasteiger partial charge < -0.3 is 5.73 Å². The fourth-order valence-corrected chi connectivity index (χ4v) is 2.17. The standard InChI is InChI=1S/C14H14F3N3O2/c1-7(2)12-9-4-3-8(14(15,16)17)5-10(9)13(22)20(19-12)6-11(18)21/h3-5,7H,6H2,1-2H3,(H2,18,21). The van der Waals surface area contributed by atoms with E-state index in [0.29, 0.717) is 11.1 Å². The topological polar surface area (TPSA) is 78.0 Å². The first kappa shape index (κ1) is 16.0. The Labute approximate surface area is 123 Å². The zero-order chi connectivity index (χ0) is 16.7. The number of primary amides is 1. The van der Waals surface area contributed by atoms with Crippen molar-refractivity contribution >= 4 is 16.7 Å². The molecule has 0 saturated carbocycles.